The van der Waals surface area contributed by atoms with E-state index in [4.69, 9.17) is 10.5 Å². The molecule has 0 atom stereocenters. The molecular formula is C26H26FN5O2. The molecule has 3 aromatic carbocycles. The lowest BCUT2D eigenvalue weighted by atomic mass is 10.1. The van der Waals surface area contributed by atoms with Crippen molar-refractivity contribution in [2.75, 3.05) is 24.4 Å². The van der Waals surface area contributed by atoms with Gasteiger partial charge in [0.25, 0.3) is 0 Å². The highest BCUT2D eigenvalue weighted by Gasteiger charge is 2.15. The van der Waals surface area contributed by atoms with Crippen molar-refractivity contribution < 1.29 is 13.9 Å². The van der Waals surface area contributed by atoms with Crippen LogP contribution in [-0.4, -0.2) is 30.0 Å². The van der Waals surface area contributed by atoms with E-state index in [0.717, 1.165) is 33.2 Å². The number of fused-ring (bicyclic) bond motifs is 1. The summed E-state index contributed by atoms with van der Waals surface area (Å²) in [6, 6.07) is 19.4. The number of hydrogen-bond acceptors (Lipinski definition) is 6. The molecule has 0 aliphatic carbocycles. The van der Waals surface area contributed by atoms with E-state index in [2.05, 4.69) is 21.4 Å². The minimum Gasteiger partial charge on any atom is -0.497 e. The summed E-state index contributed by atoms with van der Waals surface area (Å²) in [5.41, 5.74) is 8.01. The molecular weight excluding hydrogens is 433 g/mol. The number of amides is 1. The fourth-order valence-electron chi connectivity index (χ4n) is 3.76. The quantitative estimate of drug-likeness (QED) is 0.392. The lowest BCUT2D eigenvalue weighted by molar-refractivity contribution is -0.117. The molecule has 0 unspecified atom stereocenters. The largest absolute Gasteiger partial charge is 0.497 e. The number of methoxy groups -OCH3 is 1. The summed E-state index contributed by atoms with van der Waals surface area (Å²) in [5, 5.41) is 5.19. The molecule has 3 N–H and O–H groups in total. The highest BCUT2D eigenvalue weighted by atomic mass is 19.1. The Hall–Kier alpha value is -4.20. The third-order valence-corrected chi connectivity index (χ3v) is 5.53. The van der Waals surface area contributed by atoms with Crippen molar-refractivity contribution in [3.8, 4) is 5.75 Å². The number of carbonyl (C=O) groups is 1. The van der Waals surface area contributed by atoms with E-state index in [-0.39, 0.29) is 24.0 Å². The number of benzene rings is 3. The van der Waals surface area contributed by atoms with Crippen molar-refractivity contribution >= 4 is 28.3 Å². The van der Waals surface area contributed by atoms with Gasteiger partial charge in [0.1, 0.15) is 12.1 Å². The summed E-state index contributed by atoms with van der Waals surface area (Å²) in [5.74, 6) is 0.255. The first-order chi connectivity index (χ1) is 16.4. The molecule has 8 heteroatoms. The van der Waals surface area contributed by atoms with Gasteiger partial charge in [-0.15, -0.1) is 0 Å². The van der Waals surface area contributed by atoms with Crippen LogP contribution in [-0.2, 0) is 24.3 Å². The first-order valence-corrected chi connectivity index (χ1v) is 10.8. The summed E-state index contributed by atoms with van der Waals surface area (Å²) in [7, 11) is 3.44. The summed E-state index contributed by atoms with van der Waals surface area (Å²) in [6.07, 6.45) is 1.54. The number of ether oxygens (including phenoxy) is 1. The van der Waals surface area contributed by atoms with Crippen molar-refractivity contribution in [2.24, 2.45) is 5.73 Å². The van der Waals surface area contributed by atoms with Crippen LogP contribution in [0.1, 0.15) is 16.7 Å². The highest BCUT2D eigenvalue weighted by molar-refractivity contribution is 5.84. The highest BCUT2D eigenvalue weighted by Crippen LogP contribution is 2.25. The Morgan fingerprint density at radius 3 is 2.41 bits per heavy atom. The topological polar surface area (TPSA) is 93.4 Å². The second-order valence-electron chi connectivity index (χ2n) is 8.08. The second-order valence-corrected chi connectivity index (χ2v) is 8.08. The van der Waals surface area contributed by atoms with E-state index in [0.29, 0.717) is 13.1 Å². The molecule has 0 aliphatic heterocycles. The number of carbonyl (C=O) groups excluding carboxylic acids is 1. The maximum atomic E-state index is 15.2. The molecule has 0 saturated carbocycles. The molecule has 4 rings (SSSR count). The second kappa shape index (κ2) is 10.2. The van der Waals surface area contributed by atoms with Crippen molar-refractivity contribution in [2.45, 2.75) is 19.5 Å². The van der Waals surface area contributed by atoms with Crippen LogP contribution in [0.5, 0.6) is 5.75 Å². The molecule has 1 aromatic heterocycles. The molecule has 1 amide bonds. The molecule has 0 aliphatic rings. The van der Waals surface area contributed by atoms with Gasteiger partial charge >= 0.3 is 0 Å². The van der Waals surface area contributed by atoms with E-state index in [1.807, 2.05) is 54.6 Å². The van der Waals surface area contributed by atoms with Gasteiger partial charge in [0.15, 0.2) is 11.6 Å². The van der Waals surface area contributed by atoms with Crippen molar-refractivity contribution in [1.82, 2.24) is 9.97 Å². The van der Waals surface area contributed by atoms with Gasteiger partial charge in [0, 0.05) is 20.1 Å². The van der Waals surface area contributed by atoms with E-state index in [9.17, 15) is 4.79 Å². The van der Waals surface area contributed by atoms with E-state index < -0.39 is 5.82 Å². The number of nitrogens with two attached hydrogens (primary N) is 1. The van der Waals surface area contributed by atoms with E-state index in [1.165, 1.54) is 6.33 Å². The predicted molar refractivity (Wildman–Crippen MR) is 131 cm³/mol. The molecule has 0 bridgehead atoms. The average Bonchev–Trinajstić information content (AvgIpc) is 2.83. The van der Waals surface area contributed by atoms with Crippen LogP contribution in [0.4, 0.5) is 16.0 Å². The van der Waals surface area contributed by atoms with E-state index in [1.54, 1.807) is 19.1 Å². The summed E-state index contributed by atoms with van der Waals surface area (Å²) >= 11 is 0. The lowest BCUT2D eigenvalue weighted by Gasteiger charge is -2.20. The van der Waals surface area contributed by atoms with Crippen LogP contribution in [0.15, 0.2) is 67.0 Å². The monoisotopic (exact) mass is 459 g/mol. The number of primary amides is 1. The van der Waals surface area contributed by atoms with Crippen LogP contribution in [0, 0.1) is 5.82 Å². The average molecular weight is 460 g/mol. The van der Waals surface area contributed by atoms with Crippen molar-refractivity contribution in [3.63, 3.8) is 0 Å². The minimum atomic E-state index is -0.513. The molecule has 7 nitrogen and oxygen atoms in total. The third kappa shape index (κ3) is 5.40. The molecule has 1 heterocycles. The maximum absolute atomic E-state index is 15.2. The Labute approximate surface area is 197 Å². The Kier molecular flexibility index (Phi) is 6.87. The first kappa shape index (κ1) is 23.0. The van der Waals surface area contributed by atoms with Crippen molar-refractivity contribution in [3.05, 3.63) is 89.5 Å². The van der Waals surface area contributed by atoms with Crippen LogP contribution in [0.25, 0.3) is 10.8 Å². The zero-order valence-electron chi connectivity index (χ0n) is 19.1. The van der Waals surface area contributed by atoms with Gasteiger partial charge in [-0.2, -0.15) is 4.39 Å². The number of rotatable bonds is 9. The van der Waals surface area contributed by atoms with Crippen molar-refractivity contribution in [1.29, 1.82) is 0 Å². The number of anilines is 2. The molecule has 34 heavy (non-hydrogen) atoms. The van der Waals surface area contributed by atoms with Crippen LogP contribution in [0.2, 0.25) is 0 Å². The molecule has 0 spiro atoms. The molecule has 0 saturated heterocycles. The molecule has 0 radical (unpaired) electrons. The number of aromatic nitrogens is 2. The fraction of sp³-hybridized carbons (Fsp3) is 0.192. The molecule has 0 fully saturated rings. The van der Waals surface area contributed by atoms with Crippen LogP contribution in [0.3, 0.4) is 0 Å². The zero-order valence-corrected chi connectivity index (χ0v) is 19.1. The maximum Gasteiger partial charge on any atom is 0.221 e. The Bertz CT molecular complexity index is 1310. The van der Waals surface area contributed by atoms with Gasteiger partial charge in [-0.3, -0.25) is 4.79 Å². The Morgan fingerprint density at radius 2 is 1.68 bits per heavy atom. The Morgan fingerprint density at radius 1 is 1.00 bits per heavy atom. The van der Waals surface area contributed by atoms with Gasteiger partial charge in [0.05, 0.1) is 13.5 Å². The summed E-state index contributed by atoms with van der Waals surface area (Å²) < 4.78 is 20.5. The van der Waals surface area contributed by atoms with Crippen LogP contribution < -0.4 is 20.7 Å². The number of halogens is 1. The molecule has 4 aromatic rings. The number of nitrogens with zero attached hydrogens (tertiary/aromatic N) is 3. The minimum absolute atomic E-state index is 0.128. The number of hydrogen-bond donors (Lipinski definition) is 2. The molecule has 174 valence electrons. The summed E-state index contributed by atoms with van der Waals surface area (Å²) in [4.78, 5) is 21.0. The predicted octanol–water partition coefficient (Wildman–Crippen LogP) is 4.05. The normalized spacial score (nSPS) is 10.8. The fourth-order valence-corrected chi connectivity index (χ4v) is 3.76. The smallest absolute Gasteiger partial charge is 0.221 e. The van der Waals surface area contributed by atoms with Gasteiger partial charge < -0.3 is 20.7 Å². The van der Waals surface area contributed by atoms with E-state index >= 15 is 4.39 Å². The first-order valence-electron chi connectivity index (χ1n) is 10.8. The zero-order chi connectivity index (χ0) is 24.1. The van der Waals surface area contributed by atoms with Gasteiger partial charge in [-0.1, -0.05) is 42.5 Å². The van der Waals surface area contributed by atoms with Gasteiger partial charge in [-0.05, 0) is 45.7 Å². The van der Waals surface area contributed by atoms with Crippen LogP contribution >= 0.6 is 0 Å². The standard InChI is InChI=1S/C26H26FN5O2/c1-32(15-19-7-8-21-13-22(34-2)10-9-20(21)11-19)26-24(27)25(30-16-31-26)29-14-18-5-3-17(4-6-18)12-23(28)33/h3-11,13,16H,12,14-15H2,1-2H3,(H2,28,33)(H,29,30,31). The number of nitrogens with one attached hydrogen (secondary N) is 1. The van der Waals surface area contributed by atoms with Gasteiger partial charge in [0.2, 0.25) is 11.7 Å². The lowest BCUT2D eigenvalue weighted by Crippen LogP contribution is -2.20. The third-order valence-electron chi connectivity index (χ3n) is 5.53. The SMILES string of the molecule is COc1ccc2cc(CN(C)c3ncnc(NCc4ccc(CC(N)=O)cc4)c3F)ccc2c1. The summed E-state index contributed by atoms with van der Waals surface area (Å²) in [6.45, 7) is 0.860. The van der Waals surface area contributed by atoms with Gasteiger partial charge in [-0.25, -0.2) is 9.97 Å². The Balaban J connectivity index is 1.44.